The van der Waals surface area contributed by atoms with Gasteiger partial charge in [0.25, 0.3) is 0 Å². The Labute approximate surface area is 72.8 Å². The molecule has 1 aromatic heterocycles. The van der Waals surface area contributed by atoms with Crippen molar-refractivity contribution in [2.24, 2.45) is 5.73 Å². The Balaban J connectivity index is 3.01. The molecule has 0 aliphatic heterocycles. The van der Waals surface area contributed by atoms with Crippen molar-refractivity contribution in [1.82, 2.24) is 4.98 Å². The molecule has 1 rings (SSSR count). The van der Waals surface area contributed by atoms with E-state index in [1.54, 1.807) is 0 Å². The molecular formula is C10H12N2. The van der Waals surface area contributed by atoms with E-state index in [9.17, 15) is 0 Å². The van der Waals surface area contributed by atoms with Crippen molar-refractivity contribution in [3.63, 3.8) is 0 Å². The fourth-order valence-corrected chi connectivity index (χ4v) is 1.06. The first-order chi connectivity index (χ1) is 5.72. The van der Waals surface area contributed by atoms with Crippen molar-refractivity contribution >= 4 is 0 Å². The van der Waals surface area contributed by atoms with Crippen LogP contribution in [0.1, 0.15) is 17.0 Å². The third kappa shape index (κ3) is 2.37. The average molecular weight is 160 g/mol. The predicted octanol–water partition coefficient (Wildman–Crippen LogP) is 1.01. The maximum Gasteiger partial charge on any atom is 0.0555 e. The molecule has 2 nitrogen and oxygen atoms in total. The molecule has 0 aliphatic carbocycles. The third-order valence-corrected chi connectivity index (χ3v) is 1.42. The highest BCUT2D eigenvalue weighted by Crippen LogP contribution is 2.02. The fraction of sp³-hybridized carbons (Fsp3) is 0.300. The number of rotatable bonds is 0. The van der Waals surface area contributed by atoms with Crippen LogP contribution in [0.15, 0.2) is 12.1 Å². The molecule has 2 heteroatoms. The van der Waals surface area contributed by atoms with Gasteiger partial charge in [0.05, 0.1) is 6.54 Å². The van der Waals surface area contributed by atoms with E-state index in [4.69, 9.17) is 5.73 Å². The van der Waals surface area contributed by atoms with Crippen molar-refractivity contribution in [1.29, 1.82) is 0 Å². The van der Waals surface area contributed by atoms with Crippen LogP contribution in [0, 0.1) is 25.7 Å². The number of pyridine rings is 1. The second kappa shape index (κ2) is 3.89. The SMILES string of the molecule is Cc1cc(C#CCN)cc(C)n1. The average Bonchev–Trinajstić information content (AvgIpc) is 1.99. The lowest BCUT2D eigenvalue weighted by atomic mass is 10.2. The van der Waals surface area contributed by atoms with E-state index < -0.39 is 0 Å². The standard InChI is InChI=1S/C10H12N2/c1-8-6-10(4-3-5-11)7-9(2)12-8/h6-7H,5,11H2,1-2H3. The van der Waals surface area contributed by atoms with Crippen molar-refractivity contribution in [2.75, 3.05) is 6.54 Å². The van der Waals surface area contributed by atoms with Gasteiger partial charge in [0.1, 0.15) is 0 Å². The zero-order chi connectivity index (χ0) is 8.97. The summed E-state index contributed by atoms with van der Waals surface area (Å²) in [7, 11) is 0. The number of hydrogen-bond donors (Lipinski definition) is 1. The van der Waals surface area contributed by atoms with E-state index in [2.05, 4.69) is 16.8 Å². The molecule has 62 valence electrons. The molecule has 0 atom stereocenters. The minimum atomic E-state index is 0.403. The molecular weight excluding hydrogens is 148 g/mol. The second-order valence-electron chi connectivity index (χ2n) is 2.64. The first kappa shape index (κ1) is 8.76. The highest BCUT2D eigenvalue weighted by atomic mass is 14.7. The summed E-state index contributed by atoms with van der Waals surface area (Å²) < 4.78 is 0. The van der Waals surface area contributed by atoms with Crippen LogP contribution in [0.25, 0.3) is 0 Å². The van der Waals surface area contributed by atoms with E-state index in [0.717, 1.165) is 17.0 Å². The molecule has 0 spiro atoms. The minimum absolute atomic E-state index is 0.403. The Hall–Kier alpha value is -1.33. The molecule has 0 aliphatic rings. The first-order valence-electron chi connectivity index (χ1n) is 3.86. The Morgan fingerprint density at radius 1 is 1.33 bits per heavy atom. The van der Waals surface area contributed by atoms with Crippen LogP contribution in [0.5, 0.6) is 0 Å². The molecule has 1 heterocycles. The van der Waals surface area contributed by atoms with Gasteiger partial charge in [0, 0.05) is 17.0 Å². The summed E-state index contributed by atoms with van der Waals surface area (Å²) in [5, 5.41) is 0. The van der Waals surface area contributed by atoms with Gasteiger partial charge in [-0.05, 0) is 26.0 Å². The molecule has 0 saturated carbocycles. The van der Waals surface area contributed by atoms with Crippen molar-refractivity contribution in [3.8, 4) is 11.8 Å². The van der Waals surface area contributed by atoms with Gasteiger partial charge in [-0.15, -0.1) is 0 Å². The quantitative estimate of drug-likeness (QED) is 0.575. The van der Waals surface area contributed by atoms with Crippen LogP contribution in [0.2, 0.25) is 0 Å². The largest absolute Gasteiger partial charge is 0.320 e. The summed E-state index contributed by atoms with van der Waals surface area (Å²) in [4.78, 5) is 4.24. The number of aromatic nitrogens is 1. The minimum Gasteiger partial charge on any atom is -0.320 e. The van der Waals surface area contributed by atoms with Crippen LogP contribution in [0.3, 0.4) is 0 Å². The van der Waals surface area contributed by atoms with Gasteiger partial charge in [-0.25, -0.2) is 0 Å². The fourth-order valence-electron chi connectivity index (χ4n) is 1.06. The molecule has 0 saturated heterocycles. The summed E-state index contributed by atoms with van der Waals surface area (Å²) in [5.74, 6) is 5.78. The van der Waals surface area contributed by atoms with Crippen molar-refractivity contribution in [3.05, 3.63) is 29.1 Å². The molecule has 0 radical (unpaired) electrons. The lowest BCUT2D eigenvalue weighted by Crippen LogP contribution is -1.93. The molecule has 0 aromatic carbocycles. The number of nitrogens with two attached hydrogens (primary N) is 1. The smallest absolute Gasteiger partial charge is 0.0555 e. The van der Waals surface area contributed by atoms with E-state index in [-0.39, 0.29) is 0 Å². The molecule has 0 fully saturated rings. The Morgan fingerprint density at radius 3 is 2.42 bits per heavy atom. The van der Waals surface area contributed by atoms with E-state index in [0.29, 0.717) is 6.54 Å². The summed E-state index contributed by atoms with van der Waals surface area (Å²) in [6.07, 6.45) is 0. The number of hydrogen-bond acceptors (Lipinski definition) is 2. The van der Waals surface area contributed by atoms with E-state index in [1.165, 1.54) is 0 Å². The maximum absolute atomic E-state index is 5.26. The molecule has 0 unspecified atom stereocenters. The number of aryl methyl sites for hydroxylation is 2. The molecule has 0 bridgehead atoms. The summed E-state index contributed by atoms with van der Waals surface area (Å²) >= 11 is 0. The van der Waals surface area contributed by atoms with Crippen molar-refractivity contribution < 1.29 is 0 Å². The Morgan fingerprint density at radius 2 is 1.92 bits per heavy atom. The maximum atomic E-state index is 5.26. The summed E-state index contributed by atoms with van der Waals surface area (Å²) in [6, 6.07) is 3.91. The first-order valence-corrected chi connectivity index (χ1v) is 3.86. The Kier molecular flexibility index (Phi) is 2.84. The van der Waals surface area contributed by atoms with Gasteiger partial charge < -0.3 is 5.73 Å². The lowest BCUT2D eigenvalue weighted by molar-refractivity contribution is 1.12. The van der Waals surface area contributed by atoms with Crippen molar-refractivity contribution in [2.45, 2.75) is 13.8 Å². The van der Waals surface area contributed by atoms with Gasteiger partial charge in [-0.3, -0.25) is 4.98 Å². The topological polar surface area (TPSA) is 38.9 Å². The molecule has 2 N–H and O–H groups in total. The third-order valence-electron chi connectivity index (χ3n) is 1.42. The summed E-state index contributed by atoms with van der Waals surface area (Å²) in [5.41, 5.74) is 8.25. The normalized spacial score (nSPS) is 8.92. The molecule has 1 aromatic rings. The highest BCUT2D eigenvalue weighted by molar-refractivity contribution is 5.36. The summed E-state index contributed by atoms with van der Waals surface area (Å²) in [6.45, 7) is 4.32. The highest BCUT2D eigenvalue weighted by Gasteiger charge is 1.91. The lowest BCUT2D eigenvalue weighted by Gasteiger charge is -1.96. The molecule has 0 amide bonds. The van der Waals surface area contributed by atoms with Gasteiger partial charge in [0.2, 0.25) is 0 Å². The van der Waals surface area contributed by atoms with Gasteiger partial charge in [-0.2, -0.15) is 0 Å². The predicted molar refractivity (Wildman–Crippen MR) is 49.6 cm³/mol. The van der Waals surface area contributed by atoms with Gasteiger partial charge >= 0.3 is 0 Å². The van der Waals surface area contributed by atoms with Crippen LogP contribution in [-0.2, 0) is 0 Å². The Bertz CT molecular complexity index is 311. The monoisotopic (exact) mass is 160 g/mol. The molecule has 12 heavy (non-hydrogen) atoms. The van der Waals surface area contributed by atoms with Crippen LogP contribution in [0.4, 0.5) is 0 Å². The van der Waals surface area contributed by atoms with Crippen LogP contribution >= 0.6 is 0 Å². The van der Waals surface area contributed by atoms with Gasteiger partial charge in [-0.1, -0.05) is 11.8 Å². The van der Waals surface area contributed by atoms with Crippen LogP contribution < -0.4 is 5.73 Å². The van der Waals surface area contributed by atoms with E-state index in [1.807, 2.05) is 26.0 Å². The van der Waals surface area contributed by atoms with Gasteiger partial charge in [0.15, 0.2) is 0 Å². The number of nitrogens with zero attached hydrogens (tertiary/aromatic N) is 1. The zero-order valence-electron chi connectivity index (χ0n) is 7.39. The van der Waals surface area contributed by atoms with E-state index >= 15 is 0 Å². The zero-order valence-corrected chi connectivity index (χ0v) is 7.39. The van der Waals surface area contributed by atoms with Crippen LogP contribution in [-0.4, -0.2) is 11.5 Å². The second-order valence-corrected chi connectivity index (χ2v) is 2.64.